The van der Waals surface area contributed by atoms with Crippen LogP contribution in [0.15, 0.2) is 24.3 Å². The molecule has 0 aromatic heterocycles. The van der Waals surface area contributed by atoms with Crippen LogP contribution >= 0.6 is 11.6 Å². The number of piperidine rings is 1. The van der Waals surface area contributed by atoms with Crippen LogP contribution < -0.4 is 5.73 Å². The Hall–Kier alpha value is -0.610. The number of rotatable bonds is 6. The predicted molar refractivity (Wildman–Crippen MR) is 84.1 cm³/mol. The number of hydrogen-bond donors (Lipinski definition) is 1. The summed E-state index contributed by atoms with van der Waals surface area (Å²) in [5.41, 5.74) is 7.41. The van der Waals surface area contributed by atoms with Crippen molar-refractivity contribution in [3.8, 4) is 0 Å². The number of halogens is 1. The van der Waals surface area contributed by atoms with Crippen LogP contribution in [-0.4, -0.2) is 37.2 Å². The highest BCUT2D eigenvalue weighted by Crippen LogP contribution is 2.19. The minimum Gasteiger partial charge on any atom is -0.378 e. The van der Waals surface area contributed by atoms with Crippen molar-refractivity contribution in [2.24, 2.45) is 5.73 Å². The van der Waals surface area contributed by atoms with Crippen molar-refractivity contribution in [1.82, 2.24) is 4.90 Å². The molecule has 0 saturated carbocycles. The molecule has 20 heavy (non-hydrogen) atoms. The lowest BCUT2D eigenvalue weighted by atomic mass is 10.0. The topological polar surface area (TPSA) is 38.5 Å². The third-order valence-electron chi connectivity index (χ3n) is 3.99. The quantitative estimate of drug-likeness (QED) is 0.876. The van der Waals surface area contributed by atoms with Crippen LogP contribution in [0.25, 0.3) is 0 Å². The Bertz CT molecular complexity index is 388. The fourth-order valence-corrected chi connectivity index (χ4v) is 2.86. The molecule has 1 aliphatic heterocycles. The van der Waals surface area contributed by atoms with Gasteiger partial charge >= 0.3 is 0 Å². The third kappa shape index (κ3) is 4.74. The number of hydrogen-bond acceptors (Lipinski definition) is 3. The molecule has 1 saturated heterocycles. The maximum absolute atomic E-state index is 6.24. The SMILES string of the molecule is CCOC1CCN(CCC(N)c2ccc(Cl)cc2)CC1. The van der Waals surface area contributed by atoms with Crippen LogP contribution in [0.1, 0.15) is 37.8 Å². The Morgan fingerprint density at radius 2 is 1.95 bits per heavy atom. The molecule has 1 aromatic carbocycles. The number of nitrogens with two attached hydrogens (primary N) is 1. The van der Waals surface area contributed by atoms with Gasteiger partial charge in [0.2, 0.25) is 0 Å². The van der Waals surface area contributed by atoms with Gasteiger partial charge in [-0.2, -0.15) is 0 Å². The summed E-state index contributed by atoms with van der Waals surface area (Å²) in [5, 5.41) is 0.763. The molecule has 2 N–H and O–H groups in total. The summed E-state index contributed by atoms with van der Waals surface area (Å²) in [5.74, 6) is 0. The molecule has 1 aliphatic rings. The van der Waals surface area contributed by atoms with Gasteiger partial charge in [-0.3, -0.25) is 0 Å². The van der Waals surface area contributed by atoms with Gasteiger partial charge in [0.15, 0.2) is 0 Å². The lowest BCUT2D eigenvalue weighted by Gasteiger charge is -2.32. The molecule has 1 aromatic rings. The maximum Gasteiger partial charge on any atom is 0.0599 e. The summed E-state index contributed by atoms with van der Waals surface area (Å²) in [6.07, 6.45) is 3.73. The van der Waals surface area contributed by atoms with Gasteiger partial charge in [-0.25, -0.2) is 0 Å². The normalized spacial score (nSPS) is 19.1. The largest absolute Gasteiger partial charge is 0.378 e. The smallest absolute Gasteiger partial charge is 0.0599 e. The molecule has 0 radical (unpaired) electrons. The number of likely N-dealkylation sites (tertiary alicyclic amines) is 1. The highest BCUT2D eigenvalue weighted by molar-refractivity contribution is 6.30. The standard InChI is InChI=1S/C16H25ClN2O/c1-2-20-15-7-10-19(11-8-15)12-9-16(18)13-3-5-14(17)6-4-13/h3-6,15-16H,2,7-12,18H2,1H3. The summed E-state index contributed by atoms with van der Waals surface area (Å²) < 4.78 is 5.67. The fourth-order valence-electron chi connectivity index (χ4n) is 2.73. The summed E-state index contributed by atoms with van der Waals surface area (Å²) in [4.78, 5) is 2.49. The Balaban J connectivity index is 1.71. The molecule has 4 heteroatoms. The molecule has 0 bridgehead atoms. The Labute approximate surface area is 127 Å². The van der Waals surface area contributed by atoms with Crippen LogP contribution in [-0.2, 0) is 4.74 Å². The lowest BCUT2D eigenvalue weighted by Crippen LogP contribution is -2.38. The molecule has 112 valence electrons. The van der Waals surface area contributed by atoms with Crippen molar-refractivity contribution < 1.29 is 4.74 Å². The zero-order chi connectivity index (χ0) is 14.4. The second-order valence-electron chi connectivity index (χ2n) is 5.44. The number of ether oxygens (including phenoxy) is 1. The van der Waals surface area contributed by atoms with Crippen molar-refractivity contribution in [2.45, 2.75) is 38.3 Å². The minimum atomic E-state index is 0.0943. The average molecular weight is 297 g/mol. The van der Waals surface area contributed by atoms with E-state index in [0.29, 0.717) is 6.10 Å². The first kappa shape index (κ1) is 15.8. The van der Waals surface area contributed by atoms with E-state index in [2.05, 4.69) is 11.8 Å². The highest BCUT2D eigenvalue weighted by atomic mass is 35.5. The van der Waals surface area contributed by atoms with Gasteiger partial charge in [0.05, 0.1) is 6.10 Å². The van der Waals surface area contributed by atoms with Crippen LogP contribution in [0.5, 0.6) is 0 Å². The van der Waals surface area contributed by atoms with Crippen molar-refractivity contribution in [3.63, 3.8) is 0 Å². The van der Waals surface area contributed by atoms with Gasteiger partial charge in [-0.1, -0.05) is 23.7 Å². The van der Waals surface area contributed by atoms with Crippen molar-refractivity contribution >= 4 is 11.6 Å². The van der Waals surface area contributed by atoms with Crippen LogP contribution in [0.2, 0.25) is 5.02 Å². The van der Waals surface area contributed by atoms with E-state index in [0.717, 1.165) is 50.5 Å². The van der Waals surface area contributed by atoms with Gasteiger partial charge in [0.1, 0.15) is 0 Å². The molecular formula is C16H25ClN2O. The van der Waals surface area contributed by atoms with Gasteiger partial charge in [0, 0.05) is 30.8 Å². The lowest BCUT2D eigenvalue weighted by molar-refractivity contribution is 0.0138. The molecule has 0 amide bonds. The number of nitrogens with zero attached hydrogens (tertiary/aromatic N) is 1. The Morgan fingerprint density at radius 3 is 2.55 bits per heavy atom. The summed E-state index contributed by atoms with van der Waals surface area (Å²) in [6.45, 7) is 6.20. The van der Waals surface area contributed by atoms with E-state index >= 15 is 0 Å². The predicted octanol–water partition coefficient (Wildman–Crippen LogP) is 3.23. The highest BCUT2D eigenvalue weighted by Gasteiger charge is 2.19. The van der Waals surface area contributed by atoms with E-state index in [4.69, 9.17) is 22.1 Å². The monoisotopic (exact) mass is 296 g/mol. The molecule has 1 heterocycles. The zero-order valence-corrected chi connectivity index (χ0v) is 13.0. The maximum atomic E-state index is 6.24. The molecule has 1 atom stereocenters. The van der Waals surface area contributed by atoms with Crippen molar-refractivity contribution in [3.05, 3.63) is 34.9 Å². The summed E-state index contributed by atoms with van der Waals surface area (Å²) >= 11 is 5.89. The van der Waals surface area contributed by atoms with E-state index in [9.17, 15) is 0 Å². The molecule has 0 aliphatic carbocycles. The molecule has 1 fully saturated rings. The second-order valence-corrected chi connectivity index (χ2v) is 5.88. The van der Waals surface area contributed by atoms with Crippen LogP contribution in [0.3, 0.4) is 0 Å². The van der Waals surface area contributed by atoms with E-state index < -0.39 is 0 Å². The van der Waals surface area contributed by atoms with E-state index in [1.807, 2.05) is 24.3 Å². The molecule has 2 rings (SSSR count). The average Bonchev–Trinajstić information content (AvgIpc) is 2.47. The minimum absolute atomic E-state index is 0.0943. The molecule has 0 spiro atoms. The van der Waals surface area contributed by atoms with E-state index in [1.54, 1.807) is 0 Å². The first-order chi connectivity index (χ1) is 9.69. The van der Waals surface area contributed by atoms with Gasteiger partial charge in [-0.15, -0.1) is 0 Å². The molecule has 1 unspecified atom stereocenters. The van der Waals surface area contributed by atoms with E-state index in [-0.39, 0.29) is 6.04 Å². The molecule has 3 nitrogen and oxygen atoms in total. The first-order valence-corrected chi connectivity index (χ1v) is 7.92. The second kappa shape index (κ2) is 7.99. The van der Waals surface area contributed by atoms with Gasteiger partial charge in [0.25, 0.3) is 0 Å². The third-order valence-corrected chi connectivity index (χ3v) is 4.24. The molecular weight excluding hydrogens is 272 g/mol. The van der Waals surface area contributed by atoms with Gasteiger partial charge < -0.3 is 15.4 Å². The van der Waals surface area contributed by atoms with Crippen molar-refractivity contribution in [1.29, 1.82) is 0 Å². The zero-order valence-electron chi connectivity index (χ0n) is 12.2. The Morgan fingerprint density at radius 1 is 1.30 bits per heavy atom. The fraction of sp³-hybridized carbons (Fsp3) is 0.625. The summed E-state index contributed by atoms with van der Waals surface area (Å²) in [7, 11) is 0. The Kier molecular flexibility index (Phi) is 6.30. The van der Waals surface area contributed by atoms with E-state index in [1.165, 1.54) is 5.56 Å². The number of benzene rings is 1. The summed E-state index contributed by atoms with van der Waals surface area (Å²) in [6, 6.07) is 7.95. The van der Waals surface area contributed by atoms with Gasteiger partial charge in [-0.05, 0) is 50.4 Å². The van der Waals surface area contributed by atoms with Crippen molar-refractivity contribution in [2.75, 3.05) is 26.2 Å². The van der Waals surface area contributed by atoms with Crippen LogP contribution in [0.4, 0.5) is 0 Å². The first-order valence-electron chi connectivity index (χ1n) is 7.54. The van der Waals surface area contributed by atoms with Crippen LogP contribution in [0, 0.1) is 0 Å².